The smallest absolute Gasteiger partial charge is 0.404 e. The first-order chi connectivity index (χ1) is 11.0. The third-order valence-corrected chi connectivity index (χ3v) is 4.83. The largest absolute Gasteiger partial charge is 1.00 e. The second-order valence-corrected chi connectivity index (χ2v) is 6.55. The van der Waals surface area contributed by atoms with Gasteiger partial charge in [0.1, 0.15) is 0 Å². The predicted molar refractivity (Wildman–Crippen MR) is 89.5 cm³/mol. The van der Waals surface area contributed by atoms with Gasteiger partial charge in [0, 0.05) is 19.5 Å². The molecule has 0 bridgehead atoms. The molecule has 0 aromatic heterocycles. The molecule has 0 fully saturated rings. The summed E-state index contributed by atoms with van der Waals surface area (Å²) in [5.74, 6) is -0.196. The van der Waals surface area contributed by atoms with Gasteiger partial charge >= 0.3 is 89.4 Å². The van der Waals surface area contributed by atoms with Crippen molar-refractivity contribution in [3.63, 3.8) is 0 Å². The molecule has 0 spiro atoms. The number of nitrogens with zero attached hydrogens (tertiary/aromatic N) is 2. The number of allylic oxidation sites excluding steroid dienone is 3. The summed E-state index contributed by atoms with van der Waals surface area (Å²) in [6.45, 7) is 9.96. The molecular formula is C16H23ILiN4O2-3. The van der Waals surface area contributed by atoms with Gasteiger partial charge in [-0.05, 0) is 0 Å². The summed E-state index contributed by atoms with van der Waals surface area (Å²) in [6.07, 6.45) is 6.33. The Morgan fingerprint density at radius 3 is 2.62 bits per heavy atom. The standard InChI is InChI=1S/C9H15N3O.C7H8INO.Li/c1-4-12(5-2)9(13)8(6-10)7-11-3;1-6-2-7(4-10)9-5-8-3-6;/h6-7H,1-2,4-5,10H2,3H3;2-3,9H,5H2,1H3;/q2*-2;+1/b8-6+,11-7?;;. The Labute approximate surface area is 167 Å². The summed E-state index contributed by atoms with van der Waals surface area (Å²) in [5, 5.41) is 3.00. The molecule has 0 aromatic carbocycles. The molecule has 1 amide bonds. The number of rotatable bonds is 5. The summed E-state index contributed by atoms with van der Waals surface area (Å²) in [7, 11) is 1.58. The predicted octanol–water partition coefficient (Wildman–Crippen LogP) is -5.44. The van der Waals surface area contributed by atoms with E-state index in [1.54, 1.807) is 7.05 Å². The van der Waals surface area contributed by atoms with Gasteiger partial charge < -0.3 is 24.5 Å². The Morgan fingerprint density at radius 2 is 2.17 bits per heavy atom. The molecule has 0 saturated heterocycles. The molecule has 1 aliphatic rings. The van der Waals surface area contributed by atoms with Gasteiger partial charge in [-0.3, -0.25) is 9.79 Å². The number of carbonyl (C=O) groups excluding carboxylic acids is 2. The van der Waals surface area contributed by atoms with E-state index in [-0.39, 0.29) is 46.0 Å². The maximum atomic E-state index is 11.5. The van der Waals surface area contributed by atoms with Crippen molar-refractivity contribution in [3.8, 4) is 0 Å². The van der Waals surface area contributed by atoms with E-state index in [9.17, 15) is 9.59 Å². The van der Waals surface area contributed by atoms with Crippen LogP contribution in [-0.4, -0.2) is 48.0 Å². The van der Waals surface area contributed by atoms with E-state index in [2.05, 4.69) is 28.2 Å². The van der Waals surface area contributed by atoms with Crippen molar-refractivity contribution in [2.24, 2.45) is 10.7 Å². The van der Waals surface area contributed by atoms with Gasteiger partial charge in [-0.15, -0.1) is 13.1 Å². The third-order valence-electron chi connectivity index (χ3n) is 2.59. The summed E-state index contributed by atoms with van der Waals surface area (Å²) in [4.78, 5) is 26.9. The Kier molecular flexibility index (Phi) is 16.3. The van der Waals surface area contributed by atoms with Crippen LogP contribution < -0.4 is 51.1 Å². The van der Waals surface area contributed by atoms with E-state index in [1.165, 1.54) is 22.9 Å². The first kappa shape index (κ1) is 25.2. The fourth-order valence-electron chi connectivity index (χ4n) is 1.45. The van der Waals surface area contributed by atoms with E-state index in [0.717, 1.165) is 4.55 Å². The summed E-state index contributed by atoms with van der Waals surface area (Å²) < 4.78 is 3.15. The van der Waals surface area contributed by atoms with Crippen molar-refractivity contribution < 1.29 is 49.7 Å². The molecule has 0 aliphatic carbocycles. The first-order valence-electron chi connectivity index (χ1n) is 6.84. The van der Waals surface area contributed by atoms with E-state index in [1.807, 2.05) is 19.3 Å². The van der Waals surface area contributed by atoms with Crippen molar-refractivity contribution in [2.75, 3.05) is 24.7 Å². The molecule has 3 N–H and O–H groups in total. The minimum atomic E-state index is -0.196. The molecule has 6 nitrogen and oxygen atoms in total. The zero-order chi connectivity index (χ0) is 17.7. The summed E-state index contributed by atoms with van der Waals surface area (Å²) in [6, 6.07) is 0. The Morgan fingerprint density at radius 1 is 1.54 bits per heavy atom. The number of carbonyl (C=O) groups is 1. The quantitative estimate of drug-likeness (QED) is 0.0856. The van der Waals surface area contributed by atoms with Crippen molar-refractivity contribution >= 4 is 18.4 Å². The number of amides is 1. The van der Waals surface area contributed by atoms with Crippen LogP contribution >= 0.6 is 0 Å². The molecule has 0 radical (unpaired) electrons. The summed E-state index contributed by atoms with van der Waals surface area (Å²) >= 11 is 0.110. The Bertz CT molecular complexity index is 512. The molecule has 130 valence electrons. The second-order valence-electron chi connectivity index (χ2n) is 4.28. The van der Waals surface area contributed by atoms with Gasteiger partial charge in [-0.25, -0.2) is 0 Å². The van der Waals surface area contributed by atoms with E-state index >= 15 is 0 Å². The fraction of sp³-hybridized carbons (Fsp3) is 0.312. The number of hydrogen-bond donors (Lipinski definition) is 2. The average Bonchev–Trinajstić information content (AvgIpc) is 2.78. The molecule has 24 heavy (non-hydrogen) atoms. The molecule has 0 atom stereocenters. The van der Waals surface area contributed by atoms with Gasteiger partial charge in [0.15, 0.2) is 0 Å². The van der Waals surface area contributed by atoms with Crippen LogP contribution in [0.5, 0.6) is 0 Å². The normalized spacial score (nSPS) is 14.4. The molecular weight excluding hydrogens is 414 g/mol. The fourth-order valence-corrected chi connectivity index (χ4v) is 3.18. The first-order valence-corrected chi connectivity index (χ1v) is 9.61. The molecule has 8 heteroatoms. The van der Waals surface area contributed by atoms with Crippen LogP contribution in [0.4, 0.5) is 0 Å². The molecule has 1 heterocycles. The van der Waals surface area contributed by atoms with Crippen LogP contribution in [0.25, 0.3) is 0 Å². The van der Waals surface area contributed by atoms with Gasteiger partial charge in [0.25, 0.3) is 5.91 Å². The molecule has 0 aromatic rings. The topological polar surface area (TPSA) is 87.8 Å². The molecule has 1 aliphatic heterocycles. The van der Waals surface area contributed by atoms with E-state index in [4.69, 9.17) is 5.73 Å². The van der Waals surface area contributed by atoms with E-state index in [0.29, 0.717) is 24.4 Å². The number of nitrogens with two attached hydrogens (primary N) is 1. The molecule has 1 rings (SSSR count). The average molecular weight is 437 g/mol. The van der Waals surface area contributed by atoms with Crippen LogP contribution in [0.15, 0.2) is 38.2 Å². The van der Waals surface area contributed by atoms with Crippen molar-refractivity contribution in [3.05, 3.63) is 47.0 Å². The maximum Gasteiger partial charge on any atom is 1.00 e. The van der Waals surface area contributed by atoms with Gasteiger partial charge in [0.2, 0.25) is 0 Å². The zero-order valence-corrected chi connectivity index (χ0v) is 16.7. The Hall–Kier alpha value is -1.04. The number of hydrogen-bond acceptors (Lipinski definition) is 5. The number of nitrogens with one attached hydrogen (secondary N) is 1. The number of alkyl halides is 1. The SMILES string of the molecule is CC1=C[I-]CNC([C-]=O)=C1.[CH2-]CN(C[CH2-])C(=O)/C(C=NC)=C/N.[Li+]. The van der Waals surface area contributed by atoms with Crippen LogP contribution in [-0.2, 0) is 9.59 Å². The number of aliphatic imine (C=N–C) groups is 1. The Balaban J connectivity index is 0. The number of halogens is 1. The summed E-state index contributed by atoms with van der Waals surface area (Å²) in [5.41, 5.74) is 7.39. The third kappa shape index (κ3) is 9.95. The zero-order valence-electron chi connectivity index (χ0n) is 14.5. The minimum absolute atomic E-state index is 0. The van der Waals surface area contributed by atoms with Crippen LogP contribution in [0.2, 0.25) is 0 Å². The monoisotopic (exact) mass is 437 g/mol. The van der Waals surface area contributed by atoms with Crippen molar-refractivity contribution in [2.45, 2.75) is 6.92 Å². The van der Waals surface area contributed by atoms with Crippen molar-refractivity contribution in [1.82, 2.24) is 10.2 Å². The van der Waals surface area contributed by atoms with Gasteiger partial charge in [-0.2, -0.15) is 0 Å². The second kappa shape index (κ2) is 15.5. The maximum absolute atomic E-state index is 11.5. The molecule has 0 unspecified atom stereocenters. The van der Waals surface area contributed by atoms with Crippen LogP contribution in [0.1, 0.15) is 6.92 Å². The van der Waals surface area contributed by atoms with Crippen LogP contribution in [0.3, 0.4) is 0 Å². The van der Waals surface area contributed by atoms with E-state index < -0.39 is 0 Å². The van der Waals surface area contributed by atoms with Crippen molar-refractivity contribution in [1.29, 1.82) is 0 Å². The van der Waals surface area contributed by atoms with Gasteiger partial charge in [-0.1, -0.05) is 0 Å². The van der Waals surface area contributed by atoms with Gasteiger partial charge in [0.05, 0.1) is 5.57 Å². The minimum Gasteiger partial charge on any atom is -0.404 e. The van der Waals surface area contributed by atoms with Crippen LogP contribution in [0, 0.1) is 13.8 Å². The molecule has 0 saturated carbocycles.